The van der Waals surface area contributed by atoms with Crippen LogP contribution in [0.2, 0.25) is 0 Å². The van der Waals surface area contributed by atoms with Crippen molar-refractivity contribution in [1.29, 1.82) is 0 Å². The Morgan fingerprint density at radius 2 is 2.00 bits per heavy atom. The Morgan fingerprint density at radius 3 is 2.60 bits per heavy atom. The number of hydrogen-bond acceptors (Lipinski definition) is 2. The number of nitrogens with zero attached hydrogens (tertiary/aromatic N) is 1. The molecule has 0 amide bonds. The van der Waals surface area contributed by atoms with Crippen LogP contribution in [0.5, 0.6) is 0 Å². The summed E-state index contributed by atoms with van der Waals surface area (Å²) in [5, 5.41) is 0. The summed E-state index contributed by atoms with van der Waals surface area (Å²) >= 11 is 0. The topological polar surface area (TPSA) is 29.3 Å². The van der Waals surface area contributed by atoms with Crippen LogP contribution in [0.1, 0.15) is 11.5 Å². The Balaban J connectivity index is 2.19. The van der Waals surface area contributed by atoms with E-state index in [9.17, 15) is 4.39 Å². The van der Waals surface area contributed by atoms with Gasteiger partial charge in [-0.3, -0.25) is 0 Å². The highest BCUT2D eigenvalue weighted by molar-refractivity contribution is 5.23. The van der Waals surface area contributed by atoms with Crippen LogP contribution in [0.15, 0.2) is 24.3 Å². The van der Waals surface area contributed by atoms with E-state index in [1.165, 1.54) is 17.7 Å². The first-order valence-electron chi connectivity index (χ1n) is 5.35. The van der Waals surface area contributed by atoms with Crippen molar-refractivity contribution < 1.29 is 4.39 Å². The average molecular weight is 208 g/mol. The predicted octanol–water partition coefficient (Wildman–Crippen LogP) is 1.43. The molecule has 0 saturated carbocycles. The van der Waals surface area contributed by atoms with Gasteiger partial charge in [-0.25, -0.2) is 4.39 Å². The lowest BCUT2D eigenvalue weighted by Crippen LogP contribution is -2.21. The smallest absolute Gasteiger partial charge is 0.123 e. The number of nitrogens with two attached hydrogens (primary N) is 1. The van der Waals surface area contributed by atoms with Crippen LogP contribution >= 0.6 is 0 Å². The summed E-state index contributed by atoms with van der Waals surface area (Å²) < 4.78 is 12.8. The van der Waals surface area contributed by atoms with Gasteiger partial charge in [-0.05, 0) is 37.2 Å². The highest BCUT2D eigenvalue weighted by Gasteiger charge is 2.30. The Labute approximate surface area is 89.9 Å². The largest absolute Gasteiger partial charge is 0.330 e. The SMILES string of the molecule is CN1C[C@@H](CN)[C@@H](c2ccc(F)cc2)C1. The minimum atomic E-state index is -0.172. The van der Waals surface area contributed by atoms with E-state index in [-0.39, 0.29) is 5.82 Å². The first kappa shape index (κ1) is 10.6. The number of likely N-dealkylation sites (N-methyl/N-ethyl adjacent to an activating group) is 1. The number of benzene rings is 1. The monoisotopic (exact) mass is 208 g/mol. The fourth-order valence-electron chi connectivity index (χ4n) is 2.41. The van der Waals surface area contributed by atoms with Crippen molar-refractivity contribution in [3.05, 3.63) is 35.6 Å². The lowest BCUT2D eigenvalue weighted by atomic mass is 9.89. The van der Waals surface area contributed by atoms with E-state index < -0.39 is 0 Å². The van der Waals surface area contributed by atoms with Crippen LogP contribution in [0.25, 0.3) is 0 Å². The summed E-state index contributed by atoms with van der Waals surface area (Å²) in [7, 11) is 2.10. The van der Waals surface area contributed by atoms with Gasteiger partial charge in [-0.2, -0.15) is 0 Å². The zero-order chi connectivity index (χ0) is 10.8. The molecule has 2 atom stereocenters. The third-order valence-electron chi connectivity index (χ3n) is 3.22. The third kappa shape index (κ3) is 2.19. The molecule has 0 bridgehead atoms. The summed E-state index contributed by atoms with van der Waals surface area (Å²) in [4.78, 5) is 2.28. The number of halogens is 1. The molecule has 1 aliphatic heterocycles. The van der Waals surface area contributed by atoms with Gasteiger partial charge in [0.25, 0.3) is 0 Å². The van der Waals surface area contributed by atoms with E-state index in [0.717, 1.165) is 13.1 Å². The molecule has 2 nitrogen and oxygen atoms in total. The minimum absolute atomic E-state index is 0.172. The van der Waals surface area contributed by atoms with Gasteiger partial charge in [0.05, 0.1) is 0 Å². The molecule has 1 saturated heterocycles. The molecule has 2 N–H and O–H groups in total. The lowest BCUT2D eigenvalue weighted by Gasteiger charge is -2.16. The van der Waals surface area contributed by atoms with E-state index in [4.69, 9.17) is 5.73 Å². The molecule has 1 heterocycles. The fraction of sp³-hybridized carbons (Fsp3) is 0.500. The van der Waals surface area contributed by atoms with Crippen LogP contribution in [-0.2, 0) is 0 Å². The summed E-state index contributed by atoms with van der Waals surface area (Å²) in [5.41, 5.74) is 6.96. The van der Waals surface area contributed by atoms with Crippen molar-refractivity contribution in [2.45, 2.75) is 5.92 Å². The average Bonchev–Trinajstić information content (AvgIpc) is 2.61. The van der Waals surface area contributed by atoms with Crippen molar-refractivity contribution in [1.82, 2.24) is 4.90 Å². The first-order valence-corrected chi connectivity index (χ1v) is 5.35. The second-order valence-corrected chi connectivity index (χ2v) is 4.38. The third-order valence-corrected chi connectivity index (χ3v) is 3.22. The van der Waals surface area contributed by atoms with Gasteiger partial charge in [0, 0.05) is 19.0 Å². The van der Waals surface area contributed by atoms with Gasteiger partial charge in [0.1, 0.15) is 5.82 Å². The number of likely N-dealkylation sites (tertiary alicyclic amines) is 1. The van der Waals surface area contributed by atoms with Crippen LogP contribution in [-0.4, -0.2) is 31.6 Å². The van der Waals surface area contributed by atoms with Crippen LogP contribution in [0, 0.1) is 11.7 Å². The molecule has 82 valence electrons. The van der Waals surface area contributed by atoms with Gasteiger partial charge in [0.15, 0.2) is 0 Å². The molecule has 1 aromatic rings. The Hall–Kier alpha value is -0.930. The standard InChI is InChI=1S/C12H17FN2/c1-15-7-10(6-14)12(8-15)9-2-4-11(13)5-3-9/h2-5,10,12H,6-8,14H2,1H3/t10-,12-/m1/s1. The van der Waals surface area contributed by atoms with Crippen LogP contribution < -0.4 is 5.73 Å². The van der Waals surface area contributed by atoms with Gasteiger partial charge < -0.3 is 10.6 Å². The molecule has 2 rings (SSSR count). The zero-order valence-electron chi connectivity index (χ0n) is 8.99. The molecule has 0 unspecified atom stereocenters. The summed E-state index contributed by atoms with van der Waals surface area (Å²) in [6.45, 7) is 2.76. The molecule has 0 radical (unpaired) electrons. The maximum absolute atomic E-state index is 12.8. The number of rotatable bonds is 2. The molecule has 0 spiro atoms. The molecular weight excluding hydrogens is 191 g/mol. The van der Waals surface area contributed by atoms with Gasteiger partial charge in [0.2, 0.25) is 0 Å². The summed E-state index contributed by atoms with van der Waals surface area (Å²) in [6, 6.07) is 6.81. The Bertz CT molecular complexity index is 323. The molecule has 3 heteroatoms. The van der Waals surface area contributed by atoms with E-state index in [2.05, 4.69) is 11.9 Å². The van der Waals surface area contributed by atoms with Crippen LogP contribution in [0.3, 0.4) is 0 Å². The van der Waals surface area contributed by atoms with Crippen molar-refractivity contribution in [2.24, 2.45) is 11.7 Å². The maximum Gasteiger partial charge on any atom is 0.123 e. The Morgan fingerprint density at radius 1 is 1.33 bits per heavy atom. The maximum atomic E-state index is 12.8. The first-order chi connectivity index (χ1) is 7.20. The molecule has 1 aromatic carbocycles. The second kappa shape index (κ2) is 4.29. The summed E-state index contributed by atoms with van der Waals surface area (Å²) in [6.07, 6.45) is 0. The van der Waals surface area contributed by atoms with Crippen molar-refractivity contribution in [3.63, 3.8) is 0 Å². The zero-order valence-corrected chi connectivity index (χ0v) is 8.99. The fourth-order valence-corrected chi connectivity index (χ4v) is 2.41. The lowest BCUT2D eigenvalue weighted by molar-refractivity contribution is 0.397. The van der Waals surface area contributed by atoms with Gasteiger partial charge in [-0.1, -0.05) is 12.1 Å². The molecule has 1 fully saturated rings. The molecule has 15 heavy (non-hydrogen) atoms. The van der Waals surface area contributed by atoms with E-state index >= 15 is 0 Å². The van der Waals surface area contributed by atoms with Crippen molar-refractivity contribution in [3.8, 4) is 0 Å². The number of hydrogen-bond donors (Lipinski definition) is 1. The highest BCUT2D eigenvalue weighted by Crippen LogP contribution is 2.31. The molecular formula is C12H17FN2. The quantitative estimate of drug-likeness (QED) is 0.796. The van der Waals surface area contributed by atoms with Crippen molar-refractivity contribution >= 4 is 0 Å². The van der Waals surface area contributed by atoms with Gasteiger partial charge >= 0.3 is 0 Å². The second-order valence-electron chi connectivity index (χ2n) is 4.38. The normalized spacial score (nSPS) is 27.1. The highest BCUT2D eigenvalue weighted by atomic mass is 19.1. The predicted molar refractivity (Wildman–Crippen MR) is 59.2 cm³/mol. The van der Waals surface area contributed by atoms with E-state index in [0.29, 0.717) is 18.4 Å². The van der Waals surface area contributed by atoms with Crippen LogP contribution in [0.4, 0.5) is 4.39 Å². The van der Waals surface area contributed by atoms with E-state index in [1.54, 1.807) is 0 Å². The Kier molecular flexibility index (Phi) is 3.03. The van der Waals surface area contributed by atoms with Crippen molar-refractivity contribution in [2.75, 3.05) is 26.7 Å². The molecule has 1 aliphatic rings. The van der Waals surface area contributed by atoms with E-state index in [1.807, 2.05) is 12.1 Å². The minimum Gasteiger partial charge on any atom is -0.330 e. The molecule has 0 aromatic heterocycles. The molecule has 0 aliphatic carbocycles. The van der Waals surface area contributed by atoms with Gasteiger partial charge in [-0.15, -0.1) is 0 Å². The summed E-state index contributed by atoms with van der Waals surface area (Å²) in [5.74, 6) is 0.787.